The zero-order valence-electron chi connectivity index (χ0n) is 28.5. The molecule has 8 aromatic rings. The predicted molar refractivity (Wildman–Crippen MR) is 199 cm³/mol. The number of halogens is 1. The van der Waals surface area contributed by atoms with Crippen LogP contribution >= 0.6 is 11.6 Å². The van der Waals surface area contributed by atoms with E-state index in [2.05, 4.69) is 41.8 Å². The van der Waals surface area contributed by atoms with Gasteiger partial charge in [-0.05, 0) is 62.8 Å². The first-order valence-electron chi connectivity index (χ1n) is 16.8. The first-order chi connectivity index (χ1) is 25.7. The van der Waals surface area contributed by atoms with Crippen molar-refractivity contribution >= 4 is 84.9 Å². The van der Waals surface area contributed by atoms with Crippen molar-refractivity contribution in [1.82, 2.24) is 43.6 Å². The summed E-state index contributed by atoms with van der Waals surface area (Å²) in [5.74, 6) is -1.42. The van der Waals surface area contributed by atoms with Crippen molar-refractivity contribution in [2.45, 2.75) is 13.3 Å². The quantitative estimate of drug-likeness (QED) is 0.173. The second kappa shape index (κ2) is 13.3. The van der Waals surface area contributed by atoms with Gasteiger partial charge in [0.1, 0.15) is 22.4 Å². The van der Waals surface area contributed by atoms with E-state index in [0.29, 0.717) is 22.9 Å². The smallest absolute Gasteiger partial charge is 0.345 e. The molecule has 0 radical (unpaired) electrons. The van der Waals surface area contributed by atoms with Gasteiger partial charge in [-0.15, -0.1) is 0 Å². The first kappa shape index (κ1) is 33.7. The van der Waals surface area contributed by atoms with Crippen molar-refractivity contribution in [3.8, 4) is 0 Å². The van der Waals surface area contributed by atoms with Crippen LogP contribution in [0.1, 0.15) is 34.1 Å². The molecule has 0 aliphatic carbocycles. The highest BCUT2D eigenvalue weighted by Crippen LogP contribution is 2.25. The molecule has 3 N–H and O–H groups in total. The van der Waals surface area contributed by atoms with E-state index in [4.69, 9.17) is 21.3 Å². The zero-order chi connectivity index (χ0) is 37.0. The third kappa shape index (κ3) is 5.68. The number of pyridine rings is 2. The molecule has 0 bridgehead atoms. The summed E-state index contributed by atoms with van der Waals surface area (Å²) in [6, 6.07) is 14.8. The van der Waals surface area contributed by atoms with Gasteiger partial charge in [-0.3, -0.25) is 18.4 Å². The summed E-state index contributed by atoms with van der Waals surface area (Å²) in [5.41, 5.74) is 2.85. The second-order valence-corrected chi connectivity index (χ2v) is 12.9. The van der Waals surface area contributed by atoms with Crippen LogP contribution in [0.4, 0.5) is 5.95 Å². The Hall–Kier alpha value is -6.39. The summed E-state index contributed by atoms with van der Waals surface area (Å²) >= 11 is 5.90. The number of carbonyl (C=O) groups excluding carboxylic acids is 1. The number of carboxylic acid groups (broad SMARTS) is 1. The fraction of sp³-hybridized carbons (Fsp3) is 0.222. The summed E-state index contributed by atoms with van der Waals surface area (Å²) < 4.78 is 8.45. The van der Waals surface area contributed by atoms with Crippen LogP contribution in [0.25, 0.3) is 55.4 Å². The second-order valence-electron chi connectivity index (χ2n) is 12.5. The molecule has 1 aliphatic rings. The van der Waals surface area contributed by atoms with Crippen LogP contribution in [0.15, 0.2) is 70.5 Å². The van der Waals surface area contributed by atoms with Gasteiger partial charge in [0.15, 0.2) is 11.3 Å². The van der Waals surface area contributed by atoms with Crippen molar-refractivity contribution in [3.63, 3.8) is 0 Å². The summed E-state index contributed by atoms with van der Waals surface area (Å²) in [7, 11) is 2.09. The van der Waals surface area contributed by atoms with Gasteiger partial charge in [-0.1, -0.05) is 24.3 Å². The number of para-hydroxylation sites is 4. The predicted octanol–water partition coefficient (Wildman–Crippen LogP) is 4.12. The highest BCUT2D eigenvalue weighted by atomic mass is 35.5. The number of hydrogen-bond donors (Lipinski definition) is 3. The molecular weight excluding hydrogens is 704 g/mol. The van der Waals surface area contributed by atoms with E-state index < -0.39 is 22.8 Å². The lowest BCUT2D eigenvalue weighted by atomic mass is 10.2. The van der Waals surface area contributed by atoms with E-state index in [-0.39, 0.29) is 39.4 Å². The summed E-state index contributed by atoms with van der Waals surface area (Å²) in [6.45, 7) is 5.39. The number of carbonyl (C=O) groups is 2. The monoisotopic (exact) mass is 734 g/mol. The maximum atomic E-state index is 12.9. The van der Waals surface area contributed by atoms with E-state index >= 15 is 0 Å². The normalized spacial score (nSPS) is 13.9. The molecule has 0 atom stereocenters. The molecule has 1 saturated heterocycles. The highest BCUT2D eigenvalue weighted by Gasteiger charge is 2.25. The van der Waals surface area contributed by atoms with Crippen LogP contribution < -0.4 is 15.8 Å². The number of imidazole rings is 2. The number of rotatable bonds is 4. The molecule has 0 spiro atoms. The minimum absolute atomic E-state index is 0.0184. The Morgan fingerprint density at radius 3 is 2.04 bits per heavy atom. The standard InChI is InChI=1S/C20H20N6O3.C16H11ClN4O3/c1-24-7-4-8-25(10-9-24)20-21-11-12-16(27)15(19(28)29)18-22-13-5-2-3-6-14(13)26(18)17(12)23-20;1-2-24-15(23)11-12(22)8-7-18-16(17)20-13(8)21-10-6-4-3-5-9(10)19-14(11)21/h2-3,5-6,11,22H,4,7-10H2,1H3,(H,28,29);3-7,19H,2H2,1H3. The number of benzene rings is 2. The SMILES string of the molecule is CCOC(=O)c1c(=O)c2cnc(Cl)nc2n2c1[nH]c1ccccc12.CN1CCCN(c2ncc3c(=O)c(C(=O)O)c4[nH]c5ccccc5n4c3n2)CC1. The third-order valence-corrected chi connectivity index (χ3v) is 9.46. The Balaban J connectivity index is 0.000000154. The number of esters is 1. The lowest BCUT2D eigenvalue weighted by Crippen LogP contribution is -2.30. The molecule has 9 rings (SSSR count). The minimum Gasteiger partial charge on any atom is -0.477 e. The summed E-state index contributed by atoms with van der Waals surface area (Å²) in [5, 5.41) is 10.1. The number of fused-ring (bicyclic) bond motifs is 10. The average molecular weight is 735 g/mol. The number of nitrogens with one attached hydrogen (secondary N) is 2. The number of likely N-dealkylation sites (N-methyl/N-ethyl adjacent to an activating group) is 1. The maximum Gasteiger partial charge on any atom is 0.345 e. The van der Waals surface area contributed by atoms with Crippen LogP contribution in [-0.2, 0) is 4.74 Å². The van der Waals surface area contributed by atoms with Crippen LogP contribution in [0.3, 0.4) is 0 Å². The molecule has 7 heterocycles. The number of nitrogens with zero attached hydrogens (tertiary/aromatic N) is 8. The Kier molecular flexibility index (Phi) is 8.47. The van der Waals surface area contributed by atoms with Crippen LogP contribution in [-0.4, -0.2) is 100 Å². The fourth-order valence-corrected chi connectivity index (χ4v) is 6.93. The van der Waals surface area contributed by atoms with Crippen LogP contribution in [0, 0.1) is 0 Å². The molecule has 268 valence electrons. The molecule has 53 heavy (non-hydrogen) atoms. The van der Waals surface area contributed by atoms with Crippen molar-refractivity contribution in [1.29, 1.82) is 0 Å². The Labute approximate surface area is 303 Å². The van der Waals surface area contributed by atoms with Gasteiger partial charge in [0, 0.05) is 32.0 Å². The van der Waals surface area contributed by atoms with Gasteiger partial charge in [0.25, 0.3) is 0 Å². The number of H-pyrrole nitrogens is 2. The first-order valence-corrected chi connectivity index (χ1v) is 17.2. The number of ether oxygens (including phenoxy) is 1. The van der Waals surface area contributed by atoms with Crippen molar-refractivity contribution in [3.05, 3.63) is 97.8 Å². The Morgan fingerprint density at radius 1 is 0.811 bits per heavy atom. The van der Waals surface area contributed by atoms with E-state index in [1.807, 2.05) is 48.5 Å². The van der Waals surface area contributed by atoms with Crippen LogP contribution in [0.5, 0.6) is 0 Å². The number of aromatic amines is 2. The minimum atomic E-state index is -1.28. The van der Waals surface area contributed by atoms with E-state index in [0.717, 1.165) is 54.7 Å². The van der Waals surface area contributed by atoms with Crippen molar-refractivity contribution in [2.75, 3.05) is 44.7 Å². The molecule has 2 aromatic carbocycles. The average Bonchev–Trinajstić information content (AvgIpc) is 3.64. The maximum absolute atomic E-state index is 12.9. The van der Waals surface area contributed by atoms with Gasteiger partial charge >= 0.3 is 11.9 Å². The lowest BCUT2D eigenvalue weighted by molar-refractivity contribution is 0.0526. The van der Waals surface area contributed by atoms with E-state index in [1.54, 1.807) is 15.7 Å². The van der Waals surface area contributed by atoms with Crippen molar-refractivity contribution in [2.24, 2.45) is 0 Å². The molecule has 16 nitrogen and oxygen atoms in total. The molecule has 0 saturated carbocycles. The van der Waals surface area contributed by atoms with E-state index in [9.17, 15) is 24.3 Å². The van der Waals surface area contributed by atoms with E-state index in [1.165, 1.54) is 12.4 Å². The number of hydrogen-bond acceptors (Lipinski definition) is 11. The fourth-order valence-electron chi connectivity index (χ4n) is 6.80. The summed E-state index contributed by atoms with van der Waals surface area (Å²) in [6.07, 6.45) is 3.78. The molecule has 1 aliphatic heterocycles. The number of aromatic carboxylic acids is 1. The van der Waals surface area contributed by atoms with Crippen LogP contribution in [0.2, 0.25) is 5.28 Å². The molecular formula is C36H31ClN10O6. The molecule has 17 heteroatoms. The van der Waals surface area contributed by atoms with Gasteiger partial charge in [0.05, 0.1) is 39.4 Å². The van der Waals surface area contributed by atoms with Gasteiger partial charge in [-0.2, -0.15) is 9.97 Å². The van der Waals surface area contributed by atoms with Crippen molar-refractivity contribution < 1.29 is 19.4 Å². The number of carboxylic acids is 1. The summed E-state index contributed by atoms with van der Waals surface area (Å²) in [4.78, 5) is 77.6. The molecule has 0 unspecified atom stereocenters. The molecule has 1 fully saturated rings. The topological polar surface area (TPSA) is 196 Å². The lowest BCUT2D eigenvalue weighted by Gasteiger charge is -2.20. The Morgan fingerprint density at radius 2 is 1.40 bits per heavy atom. The number of aromatic nitrogens is 8. The van der Waals surface area contributed by atoms with Gasteiger partial charge < -0.3 is 29.6 Å². The van der Waals surface area contributed by atoms with Gasteiger partial charge in [0.2, 0.25) is 22.1 Å². The largest absolute Gasteiger partial charge is 0.477 e. The molecule has 0 amide bonds. The number of anilines is 1. The zero-order valence-corrected chi connectivity index (χ0v) is 29.2. The Bertz CT molecular complexity index is 2900. The molecule has 6 aromatic heterocycles. The highest BCUT2D eigenvalue weighted by molar-refractivity contribution is 6.28. The van der Waals surface area contributed by atoms with Gasteiger partial charge in [-0.25, -0.2) is 19.6 Å². The third-order valence-electron chi connectivity index (χ3n) is 9.27.